The summed E-state index contributed by atoms with van der Waals surface area (Å²) in [5.41, 5.74) is -2.24. The van der Waals surface area contributed by atoms with Crippen LogP contribution in [-0.2, 0) is 16.2 Å². The van der Waals surface area contributed by atoms with Crippen LogP contribution in [0.2, 0.25) is 0 Å². The SMILES string of the molecule is O=c1[nH]nc(-c2cc(NS(=O)(=O)c3ccc4ccccc4c3)cc(C(F)(F)F)c2)[nH]1. The molecule has 0 unspecified atom stereocenters. The summed E-state index contributed by atoms with van der Waals surface area (Å²) < 4.78 is 67.7. The number of fused-ring (bicyclic) bond motifs is 1. The number of rotatable bonds is 4. The van der Waals surface area contributed by atoms with Crippen LogP contribution in [0.5, 0.6) is 0 Å². The van der Waals surface area contributed by atoms with Gasteiger partial charge in [0.05, 0.1) is 16.1 Å². The van der Waals surface area contributed by atoms with E-state index < -0.39 is 27.5 Å². The van der Waals surface area contributed by atoms with Crippen LogP contribution < -0.4 is 10.4 Å². The van der Waals surface area contributed by atoms with Gasteiger partial charge in [-0.25, -0.2) is 18.3 Å². The molecule has 3 aromatic carbocycles. The van der Waals surface area contributed by atoms with Crippen molar-refractivity contribution in [2.24, 2.45) is 0 Å². The molecule has 0 amide bonds. The molecule has 0 saturated heterocycles. The minimum absolute atomic E-state index is 0.103. The molecule has 154 valence electrons. The number of nitrogens with one attached hydrogen (secondary N) is 3. The van der Waals surface area contributed by atoms with E-state index in [1.165, 1.54) is 12.1 Å². The summed E-state index contributed by atoms with van der Waals surface area (Å²) in [6.45, 7) is 0. The predicted octanol–water partition coefficient (Wildman–Crippen LogP) is 3.74. The topological polar surface area (TPSA) is 108 Å². The highest BCUT2D eigenvalue weighted by Crippen LogP contribution is 2.34. The summed E-state index contributed by atoms with van der Waals surface area (Å²) in [7, 11) is -4.18. The molecule has 0 aliphatic heterocycles. The van der Waals surface area contributed by atoms with Gasteiger partial charge in [-0.15, -0.1) is 0 Å². The van der Waals surface area contributed by atoms with Gasteiger partial charge in [0.2, 0.25) is 0 Å². The molecule has 0 aliphatic rings. The van der Waals surface area contributed by atoms with E-state index in [-0.39, 0.29) is 22.0 Å². The van der Waals surface area contributed by atoms with E-state index in [1.807, 2.05) is 6.07 Å². The Hall–Kier alpha value is -3.60. The van der Waals surface area contributed by atoms with Crippen molar-refractivity contribution < 1.29 is 21.6 Å². The molecule has 1 heterocycles. The Kier molecular flexibility index (Phi) is 4.61. The van der Waals surface area contributed by atoms with Gasteiger partial charge >= 0.3 is 11.9 Å². The standard InChI is InChI=1S/C19H13F3N4O3S/c20-19(21,22)14-7-13(17-23-18(27)25-24-17)8-15(10-14)26-30(28,29)16-6-5-11-3-1-2-4-12(11)9-16/h1-10,26H,(H2,23,24,25,27). The number of aromatic nitrogens is 3. The molecule has 0 fully saturated rings. The Bertz CT molecular complexity index is 1410. The third kappa shape index (κ3) is 3.92. The summed E-state index contributed by atoms with van der Waals surface area (Å²) in [6, 6.07) is 14.1. The zero-order valence-electron chi connectivity index (χ0n) is 15.0. The molecule has 0 aliphatic carbocycles. The molecule has 0 radical (unpaired) electrons. The Morgan fingerprint density at radius 2 is 1.67 bits per heavy atom. The molecule has 7 nitrogen and oxygen atoms in total. The highest BCUT2D eigenvalue weighted by molar-refractivity contribution is 7.92. The van der Waals surface area contributed by atoms with Gasteiger partial charge in [-0.3, -0.25) is 9.71 Å². The first kappa shape index (κ1) is 19.7. The van der Waals surface area contributed by atoms with Gasteiger partial charge in [0.25, 0.3) is 10.0 Å². The van der Waals surface area contributed by atoms with Gasteiger partial charge in [0.15, 0.2) is 5.82 Å². The molecule has 4 rings (SSSR count). The van der Waals surface area contributed by atoms with Crippen LogP contribution in [0.3, 0.4) is 0 Å². The summed E-state index contributed by atoms with van der Waals surface area (Å²) in [4.78, 5) is 13.4. The van der Waals surface area contributed by atoms with Crippen molar-refractivity contribution in [1.29, 1.82) is 0 Å². The van der Waals surface area contributed by atoms with Crippen LogP contribution in [0.1, 0.15) is 5.56 Å². The first-order valence-electron chi connectivity index (χ1n) is 8.51. The zero-order valence-corrected chi connectivity index (χ0v) is 15.8. The Morgan fingerprint density at radius 3 is 2.33 bits per heavy atom. The van der Waals surface area contributed by atoms with Crippen LogP contribution >= 0.6 is 0 Å². The number of halogens is 3. The Morgan fingerprint density at radius 1 is 0.933 bits per heavy atom. The molecule has 3 N–H and O–H groups in total. The fraction of sp³-hybridized carbons (Fsp3) is 0.0526. The van der Waals surface area contributed by atoms with Crippen LogP contribution in [0.15, 0.2) is 70.4 Å². The van der Waals surface area contributed by atoms with Gasteiger partial charge in [-0.1, -0.05) is 30.3 Å². The van der Waals surface area contributed by atoms with Gasteiger partial charge in [-0.05, 0) is 41.1 Å². The molecule has 30 heavy (non-hydrogen) atoms. The number of hydrogen-bond acceptors (Lipinski definition) is 4. The fourth-order valence-corrected chi connectivity index (χ4v) is 4.02. The third-order valence-electron chi connectivity index (χ3n) is 4.32. The summed E-state index contributed by atoms with van der Waals surface area (Å²) >= 11 is 0. The van der Waals surface area contributed by atoms with E-state index in [9.17, 15) is 26.4 Å². The Labute approximate surface area is 167 Å². The number of alkyl halides is 3. The molecule has 0 atom stereocenters. The maximum absolute atomic E-state index is 13.3. The first-order valence-corrected chi connectivity index (χ1v) is 9.99. The number of anilines is 1. The van der Waals surface area contributed by atoms with E-state index in [0.717, 1.165) is 17.5 Å². The maximum atomic E-state index is 13.3. The van der Waals surface area contributed by atoms with Crippen LogP contribution in [0.25, 0.3) is 22.2 Å². The highest BCUT2D eigenvalue weighted by atomic mass is 32.2. The predicted molar refractivity (Wildman–Crippen MR) is 104 cm³/mol. The number of sulfonamides is 1. The van der Waals surface area contributed by atoms with Crippen LogP contribution in [0, 0.1) is 0 Å². The van der Waals surface area contributed by atoms with Gasteiger partial charge in [-0.2, -0.15) is 18.3 Å². The number of benzene rings is 3. The smallest absolute Gasteiger partial charge is 0.289 e. The maximum Gasteiger partial charge on any atom is 0.416 e. The largest absolute Gasteiger partial charge is 0.416 e. The number of nitrogens with zero attached hydrogens (tertiary/aromatic N) is 1. The summed E-state index contributed by atoms with van der Waals surface area (Å²) in [5.74, 6) is -0.155. The minimum Gasteiger partial charge on any atom is -0.289 e. The van der Waals surface area contributed by atoms with E-state index in [0.29, 0.717) is 11.5 Å². The molecular weight excluding hydrogens is 421 g/mol. The molecule has 11 heteroatoms. The van der Waals surface area contributed by atoms with E-state index in [4.69, 9.17) is 0 Å². The van der Waals surface area contributed by atoms with E-state index >= 15 is 0 Å². The molecule has 0 saturated carbocycles. The normalized spacial score (nSPS) is 12.2. The lowest BCUT2D eigenvalue weighted by Crippen LogP contribution is -2.14. The number of aromatic amines is 2. The highest BCUT2D eigenvalue weighted by Gasteiger charge is 2.32. The van der Waals surface area contributed by atoms with Crippen molar-refractivity contribution in [3.05, 3.63) is 76.7 Å². The minimum atomic E-state index is -4.74. The van der Waals surface area contributed by atoms with Gasteiger partial charge < -0.3 is 0 Å². The average Bonchev–Trinajstić information content (AvgIpc) is 3.13. The first-order chi connectivity index (χ1) is 14.1. The van der Waals surface area contributed by atoms with Gasteiger partial charge in [0.1, 0.15) is 0 Å². The van der Waals surface area contributed by atoms with Crippen LogP contribution in [0.4, 0.5) is 18.9 Å². The van der Waals surface area contributed by atoms with Crippen molar-refractivity contribution in [2.75, 3.05) is 4.72 Å². The Balaban J connectivity index is 1.77. The summed E-state index contributed by atoms with van der Waals surface area (Å²) in [6.07, 6.45) is -4.74. The van der Waals surface area contributed by atoms with Crippen molar-refractivity contribution in [2.45, 2.75) is 11.1 Å². The lowest BCUT2D eigenvalue weighted by Gasteiger charge is -2.13. The lowest BCUT2D eigenvalue weighted by atomic mass is 10.1. The van der Waals surface area contributed by atoms with Crippen LogP contribution in [-0.4, -0.2) is 23.6 Å². The third-order valence-corrected chi connectivity index (χ3v) is 5.70. The molecule has 4 aromatic rings. The second kappa shape index (κ2) is 7.02. The second-order valence-corrected chi connectivity index (χ2v) is 8.12. The van der Waals surface area contributed by atoms with E-state index in [1.54, 1.807) is 24.3 Å². The average molecular weight is 434 g/mol. The number of hydrogen-bond donors (Lipinski definition) is 3. The zero-order chi connectivity index (χ0) is 21.5. The van der Waals surface area contributed by atoms with Gasteiger partial charge in [0, 0.05) is 5.56 Å². The second-order valence-electron chi connectivity index (χ2n) is 6.44. The molecule has 1 aromatic heterocycles. The van der Waals surface area contributed by atoms with Crippen molar-refractivity contribution in [3.63, 3.8) is 0 Å². The van der Waals surface area contributed by atoms with Crippen molar-refractivity contribution in [3.8, 4) is 11.4 Å². The molecule has 0 bridgehead atoms. The molecule has 0 spiro atoms. The molecular formula is C19H13F3N4O3S. The van der Waals surface area contributed by atoms with E-state index in [2.05, 4.69) is 19.9 Å². The fourth-order valence-electron chi connectivity index (χ4n) is 2.94. The van der Waals surface area contributed by atoms with Crippen molar-refractivity contribution >= 4 is 26.5 Å². The summed E-state index contributed by atoms with van der Waals surface area (Å²) in [5, 5.41) is 7.14. The lowest BCUT2D eigenvalue weighted by molar-refractivity contribution is -0.137. The number of H-pyrrole nitrogens is 2. The quantitative estimate of drug-likeness (QED) is 0.455. The monoisotopic (exact) mass is 434 g/mol. The van der Waals surface area contributed by atoms with Crippen molar-refractivity contribution in [1.82, 2.24) is 15.2 Å².